The first-order valence-corrected chi connectivity index (χ1v) is 9.89. The SMILES string of the molecule is COc1ccc(C2CC(c3cccc(C)c3)=NN2c2ccccc2)c(Cl)c1OC. The van der Waals surface area contributed by atoms with Crippen LogP contribution in [0.5, 0.6) is 11.5 Å². The predicted molar refractivity (Wildman–Crippen MR) is 119 cm³/mol. The van der Waals surface area contributed by atoms with Crippen LogP contribution in [0.3, 0.4) is 0 Å². The number of anilines is 1. The van der Waals surface area contributed by atoms with Crippen molar-refractivity contribution < 1.29 is 9.47 Å². The maximum atomic E-state index is 6.76. The van der Waals surface area contributed by atoms with E-state index in [2.05, 4.69) is 43.3 Å². The minimum atomic E-state index is -0.0415. The van der Waals surface area contributed by atoms with E-state index in [9.17, 15) is 0 Å². The highest BCUT2D eigenvalue weighted by Crippen LogP contribution is 2.45. The van der Waals surface area contributed by atoms with Gasteiger partial charge >= 0.3 is 0 Å². The molecule has 3 aromatic carbocycles. The zero-order valence-electron chi connectivity index (χ0n) is 16.7. The molecule has 0 bridgehead atoms. The van der Waals surface area contributed by atoms with E-state index in [4.69, 9.17) is 26.2 Å². The molecule has 1 aliphatic rings. The van der Waals surface area contributed by atoms with Crippen LogP contribution < -0.4 is 14.5 Å². The van der Waals surface area contributed by atoms with E-state index >= 15 is 0 Å². The quantitative estimate of drug-likeness (QED) is 0.519. The van der Waals surface area contributed by atoms with Crippen molar-refractivity contribution in [3.63, 3.8) is 0 Å². The second-order valence-electron chi connectivity index (χ2n) is 7.02. The standard InChI is InChI=1S/C24H23ClN2O2/c1-16-8-7-9-17(14-16)20-15-21(27(26-20)18-10-5-4-6-11-18)19-12-13-22(28-2)24(29-3)23(19)25/h4-14,21H,15H2,1-3H3. The largest absolute Gasteiger partial charge is 0.493 e. The summed E-state index contributed by atoms with van der Waals surface area (Å²) in [5, 5.41) is 7.59. The zero-order chi connectivity index (χ0) is 20.4. The Morgan fingerprint density at radius 3 is 2.45 bits per heavy atom. The molecule has 0 N–H and O–H groups in total. The Kier molecular flexibility index (Phi) is 5.45. The fourth-order valence-electron chi connectivity index (χ4n) is 3.73. The van der Waals surface area contributed by atoms with Crippen LogP contribution in [0, 0.1) is 6.92 Å². The molecule has 29 heavy (non-hydrogen) atoms. The van der Waals surface area contributed by atoms with Crippen LogP contribution in [0.2, 0.25) is 5.02 Å². The lowest BCUT2D eigenvalue weighted by Gasteiger charge is -2.25. The molecule has 0 aliphatic carbocycles. The zero-order valence-corrected chi connectivity index (χ0v) is 17.5. The normalized spacial score (nSPS) is 15.9. The second kappa shape index (κ2) is 8.18. The van der Waals surface area contributed by atoms with Crippen molar-refractivity contribution in [3.8, 4) is 11.5 Å². The fraction of sp³-hybridized carbons (Fsp3) is 0.208. The molecule has 1 aliphatic heterocycles. The van der Waals surface area contributed by atoms with Crippen molar-refractivity contribution in [2.45, 2.75) is 19.4 Å². The number of hydrogen-bond donors (Lipinski definition) is 0. The van der Waals surface area contributed by atoms with Crippen LogP contribution in [0.25, 0.3) is 0 Å². The molecule has 1 heterocycles. The van der Waals surface area contributed by atoms with E-state index < -0.39 is 0 Å². The van der Waals surface area contributed by atoms with Gasteiger partial charge < -0.3 is 9.47 Å². The average molecular weight is 407 g/mol. The number of halogens is 1. The molecule has 0 amide bonds. The minimum absolute atomic E-state index is 0.0415. The van der Waals surface area contributed by atoms with Crippen LogP contribution in [0.4, 0.5) is 5.69 Å². The number of benzene rings is 3. The van der Waals surface area contributed by atoms with Crippen molar-refractivity contribution in [1.29, 1.82) is 0 Å². The lowest BCUT2D eigenvalue weighted by Crippen LogP contribution is -2.19. The first-order chi connectivity index (χ1) is 14.1. The summed E-state index contributed by atoms with van der Waals surface area (Å²) in [7, 11) is 3.21. The van der Waals surface area contributed by atoms with Crippen LogP contribution in [-0.4, -0.2) is 19.9 Å². The number of nitrogens with zero attached hydrogens (tertiary/aromatic N) is 2. The number of rotatable bonds is 5. The molecule has 4 rings (SSSR count). The van der Waals surface area contributed by atoms with E-state index in [0.29, 0.717) is 16.5 Å². The number of methoxy groups -OCH3 is 2. The Labute approximate surface area is 176 Å². The number of hydrogen-bond acceptors (Lipinski definition) is 4. The van der Waals surface area contributed by atoms with Gasteiger partial charge in [-0.2, -0.15) is 5.10 Å². The Morgan fingerprint density at radius 1 is 0.966 bits per heavy atom. The fourth-order valence-corrected chi connectivity index (χ4v) is 4.09. The Bertz CT molecular complexity index is 1050. The lowest BCUT2D eigenvalue weighted by molar-refractivity contribution is 0.354. The van der Waals surface area contributed by atoms with Gasteiger partial charge in [0.25, 0.3) is 0 Å². The molecule has 0 aromatic heterocycles. The van der Waals surface area contributed by atoms with Crippen LogP contribution >= 0.6 is 11.6 Å². The summed E-state index contributed by atoms with van der Waals surface area (Å²) < 4.78 is 10.9. The molecule has 0 radical (unpaired) electrons. The maximum absolute atomic E-state index is 6.76. The Balaban J connectivity index is 1.80. The monoisotopic (exact) mass is 406 g/mol. The third-order valence-corrected chi connectivity index (χ3v) is 5.55. The van der Waals surface area contributed by atoms with E-state index in [1.54, 1.807) is 14.2 Å². The molecule has 1 unspecified atom stereocenters. The van der Waals surface area contributed by atoms with E-state index in [-0.39, 0.29) is 6.04 Å². The molecule has 0 saturated carbocycles. The predicted octanol–water partition coefficient (Wildman–Crippen LogP) is 6.02. The van der Waals surface area contributed by atoms with Crippen molar-refractivity contribution in [2.75, 3.05) is 19.2 Å². The van der Waals surface area contributed by atoms with E-state index in [1.165, 1.54) is 5.56 Å². The molecule has 0 fully saturated rings. The third kappa shape index (κ3) is 3.68. The highest BCUT2D eigenvalue weighted by molar-refractivity contribution is 6.33. The van der Waals surface area contributed by atoms with Gasteiger partial charge in [0.2, 0.25) is 0 Å². The van der Waals surface area contributed by atoms with Crippen LogP contribution in [0.15, 0.2) is 71.8 Å². The Morgan fingerprint density at radius 2 is 1.76 bits per heavy atom. The summed E-state index contributed by atoms with van der Waals surface area (Å²) in [5.41, 5.74) is 5.35. The summed E-state index contributed by atoms with van der Waals surface area (Å²) in [6.45, 7) is 2.09. The Hall–Kier alpha value is -2.98. The van der Waals surface area contributed by atoms with Crippen molar-refractivity contribution in [1.82, 2.24) is 0 Å². The molecule has 0 saturated heterocycles. The number of para-hydroxylation sites is 1. The van der Waals surface area contributed by atoms with Gasteiger partial charge in [0, 0.05) is 6.42 Å². The summed E-state index contributed by atoms with van der Waals surface area (Å²) in [6.07, 6.45) is 0.744. The molecule has 0 spiro atoms. The lowest BCUT2D eigenvalue weighted by atomic mass is 9.97. The summed E-state index contributed by atoms with van der Waals surface area (Å²) in [6, 6.07) is 22.4. The van der Waals surface area contributed by atoms with E-state index in [0.717, 1.165) is 28.9 Å². The highest BCUT2D eigenvalue weighted by atomic mass is 35.5. The topological polar surface area (TPSA) is 34.1 Å². The van der Waals surface area contributed by atoms with Crippen molar-refractivity contribution in [3.05, 3.63) is 88.4 Å². The van der Waals surface area contributed by atoms with Gasteiger partial charge in [0.05, 0.1) is 36.7 Å². The number of hydrazone groups is 1. The first-order valence-electron chi connectivity index (χ1n) is 9.51. The summed E-state index contributed by atoms with van der Waals surface area (Å²) >= 11 is 6.76. The molecular formula is C24H23ClN2O2. The van der Waals surface area contributed by atoms with E-state index in [1.807, 2.05) is 35.3 Å². The molecular weight excluding hydrogens is 384 g/mol. The van der Waals surface area contributed by atoms with Gasteiger partial charge in [0.1, 0.15) is 0 Å². The molecule has 4 nitrogen and oxygen atoms in total. The van der Waals surface area contributed by atoms with Crippen molar-refractivity contribution >= 4 is 23.0 Å². The second-order valence-corrected chi connectivity index (χ2v) is 7.40. The molecule has 148 valence electrons. The smallest absolute Gasteiger partial charge is 0.179 e. The number of aryl methyl sites for hydroxylation is 1. The minimum Gasteiger partial charge on any atom is -0.493 e. The van der Waals surface area contributed by atoms with Gasteiger partial charge in [0.15, 0.2) is 11.5 Å². The van der Waals surface area contributed by atoms with Crippen LogP contribution in [0.1, 0.15) is 29.2 Å². The van der Waals surface area contributed by atoms with Gasteiger partial charge in [-0.05, 0) is 36.2 Å². The molecule has 3 aromatic rings. The van der Waals surface area contributed by atoms with Gasteiger partial charge in [-0.15, -0.1) is 0 Å². The molecule has 1 atom stereocenters. The first kappa shape index (κ1) is 19.3. The summed E-state index contributed by atoms with van der Waals surface area (Å²) in [5.74, 6) is 1.16. The highest BCUT2D eigenvalue weighted by Gasteiger charge is 2.32. The average Bonchev–Trinajstić information content (AvgIpc) is 3.19. The number of ether oxygens (including phenoxy) is 2. The summed E-state index contributed by atoms with van der Waals surface area (Å²) in [4.78, 5) is 0. The third-order valence-electron chi connectivity index (χ3n) is 5.16. The molecule has 5 heteroatoms. The van der Waals surface area contributed by atoms with Crippen LogP contribution in [-0.2, 0) is 0 Å². The van der Waals surface area contributed by atoms with Gasteiger partial charge in [-0.3, -0.25) is 5.01 Å². The van der Waals surface area contributed by atoms with Gasteiger partial charge in [-0.25, -0.2) is 0 Å². The maximum Gasteiger partial charge on any atom is 0.179 e. The van der Waals surface area contributed by atoms with Gasteiger partial charge in [-0.1, -0.05) is 65.7 Å². The van der Waals surface area contributed by atoms with Crippen molar-refractivity contribution in [2.24, 2.45) is 5.10 Å².